The average Bonchev–Trinajstić information content (AvgIpc) is 2.40. The van der Waals surface area contributed by atoms with Crippen molar-refractivity contribution < 1.29 is 5.11 Å². The van der Waals surface area contributed by atoms with Crippen molar-refractivity contribution in [2.24, 2.45) is 29.6 Å². The van der Waals surface area contributed by atoms with Crippen molar-refractivity contribution in [3.05, 3.63) is 33.8 Å². The van der Waals surface area contributed by atoms with Crippen LogP contribution in [-0.2, 0) is 0 Å². The molecular weight excluding hydrogens is 291 g/mol. The second kappa shape index (κ2) is 4.90. The molecule has 1 N–H and O–H groups in total. The van der Waals surface area contributed by atoms with Crippen LogP contribution in [0.2, 0.25) is 10.0 Å². The largest absolute Gasteiger partial charge is 0.388 e. The van der Waals surface area contributed by atoms with E-state index in [1.807, 2.05) is 6.07 Å². The predicted molar refractivity (Wildman–Crippen MR) is 82.0 cm³/mol. The van der Waals surface area contributed by atoms with Crippen molar-refractivity contribution >= 4 is 23.2 Å². The maximum Gasteiger partial charge on any atom is 0.0838 e. The van der Waals surface area contributed by atoms with Crippen LogP contribution >= 0.6 is 23.2 Å². The first-order valence-electron chi connectivity index (χ1n) is 7.75. The van der Waals surface area contributed by atoms with E-state index in [1.54, 1.807) is 12.1 Å². The molecule has 1 nitrogen and oxygen atoms in total. The lowest BCUT2D eigenvalue weighted by molar-refractivity contribution is -0.0907. The second-order valence-corrected chi connectivity index (χ2v) is 7.96. The molecule has 3 heteroatoms. The average molecular weight is 311 g/mol. The standard InChI is InChI=1S/C17H20Cl2O/c18-13-1-2-15(19)14(8-13)17(20)16-11-4-9-3-10(6-11)7-12(16)5-9/h1-2,8-12,16-17,20H,3-7H2. The number of rotatable bonds is 2. The van der Waals surface area contributed by atoms with Crippen molar-refractivity contribution in [3.63, 3.8) is 0 Å². The highest BCUT2D eigenvalue weighted by atomic mass is 35.5. The van der Waals surface area contributed by atoms with Gasteiger partial charge in [0.15, 0.2) is 0 Å². The van der Waals surface area contributed by atoms with Crippen LogP contribution in [-0.4, -0.2) is 5.11 Å². The monoisotopic (exact) mass is 310 g/mol. The molecule has 20 heavy (non-hydrogen) atoms. The van der Waals surface area contributed by atoms with Crippen molar-refractivity contribution in [3.8, 4) is 0 Å². The zero-order chi connectivity index (χ0) is 13.9. The van der Waals surface area contributed by atoms with Gasteiger partial charge in [0.05, 0.1) is 6.10 Å². The zero-order valence-corrected chi connectivity index (χ0v) is 12.9. The molecule has 108 valence electrons. The number of aliphatic hydroxyl groups is 1. The van der Waals surface area contributed by atoms with E-state index in [1.165, 1.54) is 32.1 Å². The maximum atomic E-state index is 10.9. The van der Waals surface area contributed by atoms with E-state index in [9.17, 15) is 5.11 Å². The van der Waals surface area contributed by atoms with Crippen LogP contribution in [0.4, 0.5) is 0 Å². The van der Waals surface area contributed by atoms with Crippen LogP contribution in [0.15, 0.2) is 18.2 Å². The van der Waals surface area contributed by atoms with Crippen molar-refractivity contribution in [1.29, 1.82) is 0 Å². The van der Waals surface area contributed by atoms with Crippen LogP contribution in [0.1, 0.15) is 43.8 Å². The van der Waals surface area contributed by atoms with Crippen molar-refractivity contribution in [1.82, 2.24) is 0 Å². The maximum absolute atomic E-state index is 10.9. The third-order valence-electron chi connectivity index (χ3n) is 5.94. The molecule has 0 aliphatic heterocycles. The molecule has 4 aliphatic carbocycles. The summed E-state index contributed by atoms with van der Waals surface area (Å²) in [5.41, 5.74) is 0.830. The van der Waals surface area contributed by atoms with Gasteiger partial charge in [-0.25, -0.2) is 0 Å². The van der Waals surface area contributed by atoms with E-state index in [0.717, 1.165) is 17.4 Å². The highest BCUT2D eigenvalue weighted by Crippen LogP contribution is 2.59. The van der Waals surface area contributed by atoms with E-state index < -0.39 is 6.10 Å². The van der Waals surface area contributed by atoms with Gasteiger partial charge in [0, 0.05) is 15.6 Å². The number of aliphatic hydroxyl groups excluding tert-OH is 1. The summed E-state index contributed by atoms with van der Waals surface area (Å²) in [7, 11) is 0. The second-order valence-electron chi connectivity index (χ2n) is 7.12. The molecule has 5 rings (SSSR count). The van der Waals surface area contributed by atoms with E-state index in [0.29, 0.717) is 27.8 Å². The van der Waals surface area contributed by atoms with Crippen LogP contribution in [0.3, 0.4) is 0 Å². The van der Waals surface area contributed by atoms with E-state index >= 15 is 0 Å². The minimum absolute atomic E-state index is 0.388. The van der Waals surface area contributed by atoms with Crippen LogP contribution < -0.4 is 0 Å². The van der Waals surface area contributed by atoms with Gasteiger partial charge in [0.25, 0.3) is 0 Å². The Bertz CT molecular complexity index is 500. The Morgan fingerprint density at radius 3 is 2.15 bits per heavy atom. The molecule has 0 spiro atoms. The van der Waals surface area contributed by atoms with Crippen molar-refractivity contribution in [2.45, 2.75) is 38.2 Å². The summed E-state index contributed by atoms with van der Waals surface area (Å²) in [5, 5.41) is 12.2. The fraction of sp³-hybridized carbons (Fsp3) is 0.647. The lowest BCUT2D eigenvalue weighted by Gasteiger charge is -2.55. The summed E-state index contributed by atoms with van der Waals surface area (Å²) < 4.78 is 0. The first kappa shape index (κ1) is 13.4. The quantitative estimate of drug-likeness (QED) is 0.805. The molecule has 0 radical (unpaired) electrons. The van der Waals surface area contributed by atoms with E-state index in [4.69, 9.17) is 23.2 Å². The van der Waals surface area contributed by atoms with Gasteiger partial charge >= 0.3 is 0 Å². The normalized spacial score (nSPS) is 40.0. The number of benzene rings is 1. The summed E-state index contributed by atoms with van der Waals surface area (Å²) in [4.78, 5) is 0. The number of hydrogen-bond donors (Lipinski definition) is 1. The molecule has 0 saturated heterocycles. The topological polar surface area (TPSA) is 20.2 Å². The highest BCUT2D eigenvalue weighted by molar-refractivity contribution is 6.33. The molecular formula is C17H20Cl2O. The Labute approximate surface area is 130 Å². The van der Waals surface area contributed by atoms with Gasteiger partial charge in [-0.05, 0) is 79.9 Å². The van der Waals surface area contributed by atoms with Gasteiger partial charge in [0.1, 0.15) is 0 Å². The molecule has 1 unspecified atom stereocenters. The third-order valence-corrected chi connectivity index (χ3v) is 6.52. The lowest BCUT2D eigenvalue weighted by Crippen LogP contribution is -2.47. The molecule has 0 heterocycles. The smallest absolute Gasteiger partial charge is 0.0838 e. The first-order valence-corrected chi connectivity index (χ1v) is 8.50. The number of hydrogen-bond acceptors (Lipinski definition) is 1. The zero-order valence-electron chi connectivity index (χ0n) is 11.4. The van der Waals surface area contributed by atoms with Gasteiger partial charge in [-0.15, -0.1) is 0 Å². The Hall–Kier alpha value is -0.240. The van der Waals surface area contributed by atoms with Crippen LogP contribution in [0.5, 0.6) is 0 Å². The van der Waals surface area contributed by atoms with Gasteiger partial charge in [0.2, 0.25) is 0 Å². The first-order chi connectivity index (χ1) is 9.61. The van der Waals surface area contributed by atoms with Crippen LogP contribution in [0, 0.1) is 29.6 Å². The third kappa shape index (κ3) is 2.10. The molecule has 4 fully saturated rings. The molecule has 0 aromatic heterocycles. The molecule has 1 aromatic rings. The summed E-state index contributed by atoms with van der Waals surface area (Å²) in [6.07, 6.45) is 6.24. The van der Waals surface area contributed by atoms with E-state index in [2.05, 4.69) is 0 Å². The number of halogens is 2. The Kier molecular flexibility index (Phi) is 3.29. The summed E-state index contributed by atoms with van der Waals surface area (Å²) in [6.45, 7) is 0. The summed E-state index contributed by atoms with van der Waals surface area (Å²) in [5.74, 6) is 3.62. The molecule has 4 aliphatic rings. The van der Waals surface area contributed by atoms with Crippen LogP contribution in [0.25, 0.3) is 0 Å². The minimum atomic E-state index is -0.448. The summed E-state index contributed by atoms with van der Waals surface area (Å²) in [6, 6.07) is 5.44. The predicted octanol–water partition coefficient (Wildman–Crippen LogP) is 5.10. The fourth-order valence-electron chi connectivity index (χ4n) is 5.43. The molecule has 4 saturated carbocycles. The van der Waals surface area contributed by atoms with Gasteiger partial charge < -0.3 is 5.11 Å². The summed E-state index contributed by atoms with van der Waals surface area (Å²) >= 11 is 12.4. The Morgan fingerprint density at radius 1 is 0.950 bits per heavy atom. The fourth-order valence-corrected chi connectivity index (χ4v) is 5.84. The highest BCUT2D eigenvalue weighted by Gasteiger charge is 2.50. The SMILES string of the molecule is OC(c1cc(Cl)ccc1Cl)C1C2CC3CC(C2)CC1C3. The van der Waals surface area contributed by atoms with Gasteiger partial charge in [-0.1, -0.05) is 23.2 Å². The Morgan fingerprint density at radius 2 is 1.55 bits per heavy atom. The Balaban J connectivity index is 1.65. The molecule has 1 aromatic carbocycles. The molecule has 1 atom stereocenters. The van der Waals surface area contributed by atoms with Gasteiger partial charge in [-0.2, -0.15) is 0 Å². The molecule has 4 bridgehead atoms. The minimum Gasteiger partial charge on any atom is -0.388 e. The van der Waals surface area contributed by atoms with Gasteiger partial charge in [-0.3, -0.25) is 0 Å². The lowest BCUT2D eigenvalue weighted by atomic mass is 9.50. The molecule has 0 amide bonds. The van der Waals surface area contributed by atoms with E-state index in [-0.39, 0.29) is 0 Å². The van der Waals surface area contributed by atoms with Crippen molar-refractivity contribution in [2.75, 3.05) is 0 Å².